The summed E-state index contributed by atoms with van der Waals surface area (Å²) in [6, 6.07) is 13.5. The standard InChI is InChI=1S/C16H13ClN2O3S2/c17-12-7-4-8-13-15(12)19-16(23-13)18-14(20)9-10-24(21,22)11-5-2-1-3-6-11/h1-8H,9-10H2,(H,18,19,20). The summed E-state index contributed by atoms with van der Waals surface area (Å²) in [6.07, 6.45) is -0.138. The number of carbonyl (C=O) groups excluding carboxylic acids is 1. The number of benzene rings is 2. The first-order chi connectivity index (χ1) is 11.5. The highest BCUT2D eigenvalue weighted by molar-refractivity contribution is 7.91. The van der Waals surface area contributed by atoms with E-state index >= 15 is 0 Å². The lowest BCUT2D eigenvalue weighted by Crippen LogP contribution is -2.17. The van der Waals surface area contributed by atoms with Crippen molar-refractivity contribution in [1.82, 2.24) is 4.98 Å². The number of carbonyl (C=O) groups is 1. The van der Waals surface area contributed by atoms with Gasteiger partial charge in [0.25, 0.3) is 0 Å². The number of rotatable bonds is 5. The number of sulfone groups is 1. The molecule has 8 heteroatoms. The van der Waals surface area contributed by atoms with Crippen LogP contribution in [0.2, 0.25) is 5.02 Å². The van der Waals surface area contributed by atoms with E-state index in [2.05, 4.69) is 10.3 Å². The van der Waals surface area contributed by atoms with Crippen LogP contribution in [0.25, 0.3) is 10.2 Å². The highest BCUT2D eigenvalue weighted by atomic mass is 35.5. The third-order valence-corrected chi connectivity index (χ3v) is 6.29. The van der Waals surface area contributed by atoms with Crippen LogP contribution >= 0.6 is 22.9 Å². The molecule has 2 aromatic carbocycles. The maximum atomic E-state index is 12.2. The molecule has 1 aromatic heterocycles. The van der Waals surface area contributed by atoms with Gasteiger partial charge in [-0.2, -0.15) is 0 Å². The number of nitrogens with one attached hydrogen (secondary N) is 1. The highest BCUT2D eigenvalue weighted by Gasteiger charge is 2.17. The Morgan fingerprint density at radius 2 is 1.88 bits per heavy atom. The molecule has 0 saturated heterocycles. The van der Waals surface area contributed by atoms with E-state index in [1.54, 1.807) is 30.3 Å². The molecular formula is C16H13ClN2O3S2. The molecule has 0 fully saturated rings. The number of nitrogens with zero attached hydrogens (tertiary/aromatic N) is 1. The first kappa shape index (κ1) is 16.9. The van der Waals surface area contributed by atoms with Gasteiger partial charge in [-0.1, -0.05) is 47.2 Å². The molecule has 124 valence electrons. The molecule has 3 aromatic rings. The fourth-order valence-electron chi connectivity index (χ4n) is 2.12. The molecule has 0 unspecified atom stereocenters. The number of aromatic nitrogens is 1. The van der Waals surface area contributed by atoms with Crippen LogP contribution in [0.5, 0.6) is 0 Å². The summed E-state index contributed by atoms with van der Waals surface area (Å²) < 4.78 is 25.2. The Labute approximate surface area is 148 Å². The second-order valence-electron chi connectivity index (χ2n) is 5.04. The summed E-state index contributed by atoms with van der Waals surface area (Å²) in [4.78, 5) is 16.5. The van der Waals surface area contributed by atoms with Crippen molar-refractivity contribution < 1.29 is 13.2 Å². The van der Waals surface area contributed by atoms with E-state index in [4.69, 9.17) is 11.6 Å². The van der Waals surface area contributed by atoms with Crippen molar-refractivity contribution >= 4 is 54.0 Å². The molecule has 1 amide bonds. The maximum absolute atomic E-state index is 12.2. The third kappa shape index (κ3) is 3.75. The van der Waals surface area contributed by atoms with Gasteiger partial charge in [0.05, 0.1) is 20.4 Å². The highest BCUT2D eigenvalue weighted by Crippen LogP contribution is 2.30. The molecule has 0 radical (unpaired) electrons. The lowest BCUT2D eigenvalue weighted by molar-refractivity contribution is -0.115. The average molecular weight is 381 g/mol. The summed E-state index contributed by atoms with van der Waals surface area (Å²) in [6.45, 7) is 0. The van der Waals surface area contributed by atoms with Gasteiger partial charge in [0.1, 0.15) is 5.52 Å². The van der Waals surface area contributed by atoms with Crippen molar-refractivity contribution in [2.45, 2.75) is 11.3 Å². The second kappa shape index (κ2) is 6.88. The first-order valence-electron chi connectivity index (χ1n) is 7.08. The van der Waals surface area contributed by atoms with E-state index in [0.717, 1.165) is 4.70 Å². The van der Waals surface area contributed by atoms with Gasteiger partial charge in [-0.25, -0.2) is 13.4 Å². The topological polar surface area (TPSA) is 76.1 Å². The molecule has 5 nitrogen and oxygen atoms in total. The van der Waals surface area contributed by atoms with Crippen LogP contribution in [-0.4, -0.2) is 25.1 Å². The molecule has 0 atom stereocenters. The van der Waals surface area contributed by atoms with E-state index in [1.165, 1.54) is 23.5 Å². The number of hydrogen-bond donors (Lipinski definition) is 1. The Kier molecular flexibility index (Phi) is 4.84. The average Bonchev–Trinajstić information content (AvgIpc) is 2.98. The van der Waals surface area contributed by atoms with Crippen LogP contribution in [0.4, 0.5) is 5.13 Å². The summed E-state index contributed by atoms with van der Waals surface area (Å²) in [5.74, 6) is -0.654. The van der Waals surface area contributed by atoms with Gasteiger partial charge in [-0.3, -0.25) is 4.79 Å². The van der Waals surface area contributed by atoms with Gasteiger partial charge in [-0.05, 0) is 24.3 Å². The van der Waals surface area contributed by atoms with Crippen LogP contribution in [-0.2, 0) is 14.6 Å². The Morgan fingerprint density at radius 1 is 1.12 bits per heavy atom. The molecule has 0 aliphatic carbocycles. The molecule has 0 aliphatic rings. The smallest absolute Gasteiger partial charge is 0.227 e. The summed E-state index contributed by atoms with van der Waals surface area (Å²) in [5.41, 5.74) is 0.622. The van der Waals surface area contributed by atoms with Crippen molar-refractivity contribution in [2.24, 2.45) is 0 Å². The molecular weight excluding hydrogens is 368 g/mol. The lowest BCUT2D eigenvalue weighted by Gasteiger charge is -2.04. The molecule has 0 bridgehead atoms. The lowest BCUT2D eigenvalue weighted by atomic mass is 10.3. The number of hydrogen-bond acceptors (Lipinski definition) is 5. The normalized spacial score (nSPS) is 11.5. The van der Waals surface area contributed by atoms with E-state index in [1.807, 2.05) is 6.07 Å². The molecule has 1 heterocycles. The number of para-hydroxylation sites is 1. The van der Waals surface area contributed by atoms with Crippen molar-refractivity contribution in [3.8, 4) is 0 Å². The van der Waals surface area contributed by atoms with E-state index in [-0.39, 0.29) is 17.1 Å². The zero-order valence-corrected chi connectivity index (χ0v) is 14.8. The zero-order chi connectivity index (χ0) is 17.2. The Hall–Kier alpha value is -1.96. The molecule has 1 N–H and O–H groups in total. The van der Waals surface area contributed by atoms with Gasteiger partial charge in [0.15, 0.2) is 15.0 Å². The van der Waals surface area contributed by atoms with Crippen LogP contribution in [0.15, 0.2) is 53.4 Å². The largest absolute Gasteiger partial charge is 0.302 e. The minimum Gasteiger partial charge on any atom is -0.302 e. The van der Waals surface area contributed by atoms with Crippen molar-refractivity contribution in [1.29, 1.82) is 0 Å². The SMILES string of the molecule is O=C(CCS(=O)(=O)c1ccccc1)Nc1nc2c(Cl)cccc2s1. The van der Waals surface area contributed by atoms with Gasteiger partial charge in [0, 0.05) is 6.42 Å². The Bertz CT molecular complexity index is 985. The number of fused-ring (bicyclic) bond motifs is 1. The first-order valence-corrected chi connectivity index (χ1v) is 9.93. The minimum absolute atomic E-state index is 0.138. The second-order valence-corrected chi connectivity index (χ2v) is 8.58. The van der Waals surface area contributed by atoms with Gasteiger partial charge in [0.2, 0.25) is 5.91 Å². The van der Waals surface area contributed by atoms with E-state index in [9.17, 15) is 13.2 Å². The van der Waals surface area contributed by atoms with Crippen molar-refractivity contribution in [2.75, 3.05) is 11.1 Å². The van der Waals surface area contributed by atoms with Gasteiger partial charge >= 0.3 is 0 Å². The number of thiazole rings is 1. The number of amides is 1. The van der Waals surface area contributed by atoms with Crippen LogP contribution in [0.1, 0.15) is 6.42 Å². The molecule has 0 saturated carbocycles. The minimum atomic E-state index is -3.48. The number of halogens is 1. The predicted molar refractivity (Wildman–Crippen MR) is 96.4 cm³/mol. The Balaban J connectivity index is 1.66. The number of anilines is 1. The van der Waals surface area contributed by atoms with E-state index in [0.29, 0.717) is 15.7 Å². The fourth-order valence-corrected chi connectivity index (χ4v) is 4.57. The van der Waals surface area contributed by atoms with Crippen LogP contribution < -0.4 is 5.32 Å². The van der Waals surface area contributed by atoms with Gasteiger partial charge in [-0.15, -0.1) is 0 Å². The summed E-state index contributed by atoms with van der Waals surface area (Å²) in [7, 11) is -3.48. The van der Waals surface area contributed by atoms with Crippen LogP contribution in [0, 0.1) is 0 Å². The summed E-state index contributed by atoms with van der Waals surface area (Å²) >= 11 is 7.34. The van der Waals surface area contributed by atoms with Crippen LogP contribution in [0.3, 0.4) is 0 Å². The third-order valence-electron chi connectivity index (χ3n) is 3.32. The fraction of sp³-hybridized carbons (Fsp3) is 0.125. The van der Waals surface area contributed by atoms with Gasteiger partial charge < -0.3 is 5.32 Å². The monoisotopic (exact) mass is 380 g/mol. The quantitative estimate of drug-likeness (QED) is 0.731. The molecule has 0 aliphatic heterocycles. The maximum Gasteiger partial charge on any atom is 0.227 e. The van der Waals surface area contributed by atoms with Crippen molar-refractivity contribution in [3.63, 3.8) is 0 Å². The molecule has 3 rings (SSSR count). The molecule has 0 spiro atoms. The Morgan fingerprint density at radius 3 is 2.58 bits per heavy atom. The predicted octanol–water partition coefficient (Wildman–Crippen LogP) is 3.75. The molecule has 24 heavy (non-hydrogen) atoms. The van der Waals surface area contributed by atoms with E-state index < -0.39 is 15.7 Å². The van der Waals surface area contributed by atoms with Crippen molar-refractivity contribution in [3.05, 3.63) is 53.6 Å². The zero-order valence-electron chi connectivity index (χ0n) is 12.4. The summed E-state index contributed by atoms with van der Waals surface area (Å²) in [5, 5.41) is 3.54.